The highest BCUT2D eigenvalue weighted by Gasteiger charge is 2.23. The molecule has 180 valence electrons. The number of aliphatic carboxylic acids is 1. The number of halogens is 1. The molecule has 2 unspecified atom stereocenters. The first-order valence-corrected chi connectivity index (χ1v) is 11.2. The Labute approximate surface area is 201 Å². The molecule has 0 bridgehead atoms. The van der Waals surface area contributed by atoms with E-state index in [-0.39, 0.29) is 18.7 Å². The monoisotopic (exact) mass is 476 g/mol. The molecule has 2 aromatic carbocycles. The van der Waals surface area contributed by atoms with Gasteiger partial charge in [-0.15, -0.1) is 0 Å². The Morgan fingerprint density at radius 3 is 2.37 bits per heavy atom. The lowest BCUT2D eigenvalue weighted by Crippen LogP contribution is -2.22. The topological polar surface area (TPSA) is 121 Å². The third kappa shape index (κ3) is 5.95. The van der Waals surface area contributed by atoms with Crippen LogP contribution < -0.4 is 0 Å². The first-order chi connectivity index (χ1) is 16.9. The number of benzene rings is 2. The van der Waals surface area contributed by atoms with Crippen LogP contribution in [0, 0.1) is 5.82 Å². The maximum Gasteiger partial charge on any atom is 0.305 e. The van der Waals surface area contributed by atoms with Crippen LogP contribution in [-0.4, -0.2) is 53.0 Å². The molecule has 0 spiro atoms. The van der Waals surface area contributed by atoms with Gasteiger partial charge in [0, 0.05) is 23.9 Å². The zero-order valence-corrected chi connectivity index (χ0v) is 18.8. The first-order valence-electron chi connectivity index (χ1n) is 11.2. The summed E-state index contributed by atoms with van der Waals surface area (Å²) in [6.07, 6.45) is 0.711. The van der Waals surface area contributed by atoms with Crippen LogP contribution in [0.5, 0.6) is 0 Å². The maximum absolute atomic E-state index is 13.7. The van der Waals surface area contributed by atoms with Crippen molar-refractivity contribution in [2.24, 2.45) is 0 Å². The summed E-state index contributed by atoms with van der Waals surface area (Å²) in [5.41, 5.74) is 3.43. The summed E-state index contributed by atoms with van der Waals surface area (Å²) < 4.78 is 15.7. The molecular weight excluding hydrogens is 451 g/mol. The maximum atomic E-state index is 13.7. The van der Waals surface area contributed by atoms with Crippen molar-refractivity contribution < 1.29 is 24.5 Å². The molecule has 35 heavy (non-hydrogen) atoms. The zero-order valence-electron chi connectivity index (χ0n) is 18.8. The Kier molecular flexibility index (Phi) is 7.59. The number of aliphatic hydroxyl groups is 2. The van der Waals surface area contributed by atoms with Gasteiger partial charge >= 0.3 is 5.97 Å². The van der Waals surface area contributed by atoms with Gasteiger partial charge in [0.2, 0.25) is 0 Å². The van der Waals surface area contributed by atoms with Gasteiger partial charge in [-0.3, -0.25) is 4.79 Å². The Hall–Kier alpha value is -3.95. The quantitative estimate of drug-likeness (QED) is 0.318. The van der Waals surface area contributed by atoms with E-state index in [1.165, 1.54) is 18.5 Å². The number of aromatic nitrogens is 4. The van der Waals surface area contributed by atoms with Gasteiger partial charge in [-0.1, -0.05) is 30.3 Å². The summed E-state index contributed by atoms with van der Waals surface area (Å²) in [4.78, 5) is 24.1. The molecule has 0 saturated carbocycles. The van der Waals surface area contributed by atoms with E-state index in [2.05, 4.69) is 9.97 Å². The zero-order chi connectivity index (χ0) is 24.8. The molecule has 0 aliphatic rings. The van der Waals surface area contributed by atoms with Gasteiger partial charge in [0.15, 0.2) is 0 Å². The van der Waals surface area contributed by atoms with Gasteiger partial charge < -0.3 is 19.9 Å². The highest BCUT2D eigenvalue weighted by atomic mass is 19.1. The van der Waals surface area contributed by atoms with Crippen molar-refractivity contribution in [1.82, 2.24) is 19.5 Å². The number of aliphatic hydroxyl groups excluding tert-OH is 2. The molecule has 4 rings (SSSR count). The van der Waals surface area contributed by atoms with Gasteiger partial charge in [0.1, 0.15) is 23.7 Å². The molecule has 9 heteroatoms. The second kappa shape index (κ2) is 11.0. The predicted molar refractivity (Wildman–Crippen MR) is 128 cm³/mol. The summed E-state index contributed by atoms with van der Waals surface area (Å²) in [5, 5.41) is 29.3. The molecular formula is C26H25FN4O4. The van der Waals surface area contributed by atoms with Gasteiger partial charge in [-0.05, 0) is 43.2 Å². The molecule has 0 amide bonds. The lowest BCUT2D eigenvalue weighted by Gasteiger charge is -2.17. The highest BCUT2D eigenvalue weighted by molar-refractivity contribution is 5.80. The van der Waals surface area contributed by atoms with E-state index in [1.807, 2.05) is 34.9 Å². The van der Waals surface area contributed by atoms with Crippen LogP contribution in [0.1, 0.15) is 19.3 Å². The van der Waals surface area contributed by atoms with E-state index in [9.17, 15) is 19.4 Å². The number of hydrogen-bond acceptors (Lipinski definition) is 6. The van der Waals surface area contributed by atoms with Gasteiger partial charge in [0.25, 0.3) is 0 Å². The number of carboxylic acids is 1. The van der Waals surface area contributed by atoms with Crippen molar-refractivity contribution in [2.75, 3.05) is 0 Å². The van der Waals surface area contributed by atoms with E-state index in [1.54, 1.807) is 24.4 Å². The van der Waals surface area contributed by atoms with Crippen LogP contribution in [0.25, 0.3) is 34.0 Å². The van der Waals surface area contributed by atoms with Crippen LogP contribution in [-0.2, 0) is 11.3 Å². The smallest absolute Gasteiger partial charge is 0.305 e. The van der Waals surface area contributed by atoms with E-state index in [0.717, 1.165) is 11.1 Å². The van der Waals surface area contributed by atoms with Crippen molar-refractivity contribution in [3.8, 4) is 34.0 Å². The fourth-order valence-electron chi connectivity index (χ4n) is 3.98. The minimum Gasteiger partial charge on any atom is -0.481 e. The van der Waals surface area contributed by atoms with Crippen molar-refractivity contribution in [3.63, 3.8) is 0 Å². The molecule has 2 aromatic heterocycles. The van der Waals surface area contributed by atoms with Crippen LogP contribution in [0.4, 0.5) is 4.39 Å². The van der Waals surface area contributed by atoms with Crippen molar-refractivity contribution in [2.45, 2.75) is 38.0 Å². The van der Waals surface area contributed by atoms with Gasteiger partial charge in [-0.2, -0.15) is 0 Å². The molecule has 2 heterocycles. The summed E-state index contributed by atoms with van der Waals surface area (Å²) in [5.74, 6) is -0.856. The van der Waals surface area contributed by atoms with Gasteiger partial charge in [0.05, 0.1) is 30.0 Å². The Balaban J connectivity index is 1.78. The number of carboxylic acid groups (broad SMARTS) is 1. The lowest BCUT2D eigenvalue weighted by molar-refractivity contribution is -0.139. The molecule has 0 aliphatic carbocycles. The van der Waals surface area contributed by atoms with Crippen molar-refractivity contribution >= 4 is 5.97 Å². The summed E-state index contributed by atoms with van der Waals surface area (Å²) in [7, 11) is 0. The molecule has 0 fully saturated rings. The average Bonchev–Trinajstić information content (AvgIpc) is 3.23. The molecule has 0 aliphatic heterocycles. The molecule has 4 aromatic rings. The number of hydrogen-bond donors (Lipinski definition) is 3. The molecule has 0 saturated heterocycles. The standard InChI is InChI=1S/C26H25FN4O4/c27-19-8-6-17(7-9-19)25-24(22-10-12-28-16-29-22)30-26(18-4-2-1-3-5-18)31(25)13-11-20(32)14-21(33)15-23(34)35/h1-10,12,16,20-21,32-33H,11,13-15H2,(H,34,35). The van der Waals surface area contributed by atoms with Crippen LogP contribution >= 0.6 is 0 Å². The Bertz CT molecular complexity index is 1260. The summed E-state index contributed by atoms with van der Waals surface area (Å²) in [6, 6.07) is 17.3. The largest absolute Gasteiger partial charge is 0.481 e. The predicted octanol–water partition coefficient (Wildman–Crippen LogP) is 3.79. The SMILES string of the molecule is O=C(O)CC(O)CC(O)CCn1c(-c2ccccc2)nc(-c2ccncn2)c1-c1ccc(F)cc1. The second-order valence-corrected chi connectivity index (χ2v) is 8.18. The van der Waals surface area contributed by atoms with E-state index in [4.69, 9.17) is 10.1 Å². The fourth-order valence-corrected chi connectivity index (χ4v) is 3.98. The number of nitrogens with zero attached hydrogens (tertiary/aromatic N) is 4. The third-order valence-corrected chi connectivity index (χ3v) is 5.58. The Morgan fingerprint density at radius 2 is 1.71 bits per heavy atom. The third-order valence-electron chi connectivity index (χ3n) is 5.58. The minimum absolute atomic E-state index is 0.0632. The molecule has 3 N–H and O–H groups in total. The first kappa shape index (κ1) is 24.2. The normalized spacial score (nSPS) is 12.9. The summed E-state index contributed by atoms with van der Waals surface area (Å²) >= 11 is 0. The molecule has 8 nitrogen and oxygen atoms in total. The molecule has 0 radical (unpaired) electrons. The minimum atomic E-state index is -1.15. The van der Waals surface area contributed by atoms with Crippen molar-refractivity contribution in [3.05, 3.63) is 79.0 Å². The lowest BCUT2D eigenvalue weighted by atomic mass is 10.1. The Morgan fingerprint density at radius 1 is 0.971 bits per heavy atom. The molecule has 2 atom stereocenters. The van der Waals surface area contributed by atoms with Crippen LogP contribution in [0.2, 0.25) is 0 Å². The highest BCUT2D eigenvalue weighted by Crippen LogP contribution is 2.36. The summed E-state index contributed by atoms with van der Waals surface area (Å²) in [6.45, 7) is 0.315. The van der Waals surface area contributed by atoms with Crippen LogP contribution in [0.3, 0.4) is 0 Å². The second-order valence-electron chi connectivity index (χ2n) is 8.18. The van der Waals surface area contributed by atoms with E-state index >= 15 is 0 Å². The fraction of sp³-hybridized carbons (Fsp3) is 0.231. The van der Waals surface area contributed by atoms with Crippen LogP contribution in [0.15, 0.2) is 73.2 Å². The van der Waals surface area contributed by atoms with Crippen molar-refractivity contribution in [1.29, 1.82) is 0 Å². The van der Waals surface area contributed by atoms with Gasteiger partial charge in [-0.25, -0.2) is 19.3 Å². The van der Waals surface area contributed by atoms with E-state index in [0.29, 0.717) is 29.5 Å². The van der Waals surface area contributed by atoms with E-state index < -0.39 is 24.6 Å². The number of imidazole rings is 1. The number of carbonyl (C=O) groups is 1. The average molecular weight is 477 g/mol. The number of rotatable bonds is 10.